The summed E-state index contributed by atoms with van der Waals surface area (Å²) in [6, 6.07) is 58.3. The molecule has 0 bridgehead atoms. The predicted molar refractivity (Wildman–Crippen MR) is 581 cm³/mol. The van der Waals surface area contributed by atoms with Gasteiger partial charge in [-0.15, -0.1) is 34.0 Å². The summed E-state index contributed by atoms with van der Waals surface area (Å²) in [6.45, 7) is 31.5. The topological polar surface area (TPSA) is 337 Å². The summed E-state index contributed by atoms with van der Waals surface area (Å²) in [5.41, 5.74) is 15.7. The van der Waals surface area contributed by atoms with Gasteiger partial charge in [-0.25, -0.2) is 29.9 Å². The Morgan fingerprint density at radius 3 is 0.735 bits per heavy atom. The number of carbonyl (C=O) groups is 9. The molecule has 6 aromatic carbocycles. The van der Waals surface area contributed by atoms with Crippen LogP contribution in [-0.2, 0) is 64.3 Å². The van der Waals surface area contributed by atoms with Crippen molar-refractivity contribution in [3.05, 3.63) is 282 Å². The smallest absolute Gasteiger partial charge is 0.310 e. The highest BCUT2D eigenvalue weighted by atomic mass is 32.1. The van der Waals surface area contributed by atoms with Gasteiger partial charge in [0, 0.05) is 144 Å². The number of aromatic nitrogens is 6. The first-order chi connectivity index (χ1) is 70.0. The highest BCUT2D eigenvalue weighted by molar-refractivity contribution is 7.14. The Hall–Kier alpha value is -13.1. The van der Waals surface area contributed by atoms with Crippen LogP contribution in [0.4, 0.5) is 0 Å². The van der Waals surface area contributed by atoms with Gasteiger partial charge in [-0.3, -0.25) is 43.2 Å². The van der Waals surface area contributed by atoms with Gasteiger partial charge in [0.25, 0.3) is 17.7 Å². The van der Waals surface area contributed by atoms with Crippen molar-refractivity contribution >= 4 is 87.4 Å². The number of rotatable bonds is 27. The quantitative estimate of drug-likeness (QED) is 0.0278. The van der Waals surface area contributed by atoms with Crippen LogP contribution in [0.2, 0.25) is 0 Å². The molecule has 0 radical (unpaired) electrons. The van der Waals surface area contributed by atoms with E-state index in [1.165, 1.54) is 142 Å². The average Bonchev–Trinajstić information content (AvgIpc) is 1.66. The fourth-order valence-corrected chi connectivity index (χ4v) is 23.2. The molecule has 6 N–H and O–H groups in total. The summed E-state index contributed by atoms with van der Waals surface area (Å²) < 4.78 is 0. The number of hydrogen-bond acceptors (Lipinski definition) is 18. The summed E-state index contributed by atoms with van der Waals surface area (Å²) in [7, 11) is 0. The van der Waals surface area contributed by atoms with E-state index in [0.29, 0.717) is 55.3 Å². The third-order valence-corrected chi connectivity index (χ3v) is 34.7. The number of nitrogens with one attached hydrogen (secondary N) is 3. The summed E-state index contributed by atoms with van der Waals surface area (Å²) in [5, 5.41) is 36.8. The molecule has 3 atom stereocenters. The Labute approximate surface area is 875 Å². The van der Waals surface area contributed by atoms with Crippen molar-refractivity contribution in [2.24, 2.45) is 40.9 Å². The molecule has 147 heavy (non-hydrogen) atoms. The lowest BCUT2D eigenvalue weighted by atomic mass is 9.68. The molecule has 3 aliphatic carbocycles. The Morgan fingerprint density at radius 2 is 0.524 bits per heavy atom. The molecular formula is C120H138N12O12S3. The van der Waals surface area contributed by atoms with E-state index in [1.54, 1.807) is 18.2 Å². The number of benzene rings is 6. The van der Waals surface area contributed by atoms with Gasteiger partial charge in [0.05, 0.1) is 32.4 Å². The van der Waals surface area contributed by atoms with Gasteiger partial charge >= 0.3 is 17.9 Å². The van der Waals surface area contributed by atoms with Gasteiger partial charge in [0.1, 0.15) is 18.1 Å². The Kier molecular flexibility index (Phi) is 33.5. The molecule has 3 saturated heterocycles. The predicted octanol–water partition coefficient (Wildman–Crippen LogP) is 23.1. The van der Waals surface area contributed by atoms with E-state index >= 15 is 0 Å². The maximum absolute atomic E-state index is 13.5. The van der Waals surface area contributed by atoms with Crippen LogP contribution in [0.3, 0.4) is 0 Å². The highest BCUT2D eigenvalue weighted by Gasteiger charge is 2.43. The Balaban J connectivity index is 0.000000158. The van der Waals surface area contributed by atoms with Gasteiger partial charge in [-0.2, -0.15) is 0 Å². The fraction of sp³-hybridized carbons (Fsp3) is 0.425. The van der Waals surface area contributed by atoms with Crippen LogP contribution in [0, 0.1) is 40.9 Å². The normalized spacial score (nSPS) is 18.9. The number of likely N-dealkylation sites (tertiary alicyclic amines) is 3. The maximum atomic E-state index is 13.5. The summed E-state index contributed by atoms with van der Waals surface area (Å²) >= 11 is 4.25. The zero-order valence-electron chi connectivity index (χ0n) is 86.8. The summed E-state index contributed by atoms with van der Waals surface area (Å²) in [4.78, 5) is 152. The van der Waals surface area contributed by atoms with Crippen LogP contribution < -0.4 is 16.0 Å². The van der Waals surface area contributed by atoms with Gasteiger partial charge in [0.15, 0.2) is 17.5 Å². The van der Waals surface area contributed by atoms with Crippen molar-refractivity contribution < 1.29 is 58.5 Å². The standard InChI is InChI=1S/C42H50N4O4S.2C39H44N4O4S/c1-41(2,3)33-17-15-28(16-18-33)27-11-13-29(14-12-27)31-22-43-37(44-23-31)30-9-7-26(8-10-30)21-34(39(48)46-24-32(25-46)40(49)50)45-38(47)35-19-20-36(51-35)42(4,5)6;2*1-24-5-9-26(10-6-24)27-13-15-28(16-14-27)30-20-40-35(41-21-30)29-11-7-25(8-12-29)19-32(37(45)43-22-31(23-43)38(46)47)42-36(44)33-17-18-34(48-33)39(2,3)4/h7-14,19-20,22-23,28,32-34H,15-18,21,24-25H2,1-6H3,(H,45,47)(H,49,50);2*7-8,11-18,20-21,24,26,31-32H,5-6,9-10,19,22-23H2,1-4H3,(H,42,44)(H,46,47)/t28?,33?,34-;2*24?,26?,32-/m000/s1. The Bertz CT molecular complexity index is 6340. The van der Waals surface area contributed by atoms with Gasteiger partial charge in [0.2, 0.25) is 17.7 Å². The van der Waals surface area contributed by atoms with Crippen LogP contribution in [0.5, 0.6) is 0 Å². The first-order valence-electron chi connectivity index (χ1n) is 51.9. The fourth-order valence-electron chi connectivity index (χ4n) is 20.3. The lowest BCUT2D eigenvalue weighted by Gasteiger charge is -2.38. The molecule has 18 rings (SSSR count). The maximum Gasteiger partial charge on any atom is 0.310 e. The number of aliphatic carboxylic acids is 3. The molecule has 0 unspecified atom stereocenters. The minimum atomic E-state index is -0.916. The molecule has 3 saturated carbocycles. The van der Waals surface area contributed by atoms with Gasteiger partial charge < -0.3 is 46.0 Å². The third kappa shape index (κ3) is 27.1. The second kappa shape index (κ2) is 46.1. The first kappa shape index (κ1) is 107. The number of carboxylic acids is 3. The molecule has 6 aliphatic rings. The average molecular weight is 2040 g/mol. The molecule has 6 fully saturated rings. The van der Waals surface area contributed by atoms with E-state index in [-0.39, 0.29) is 110 Å². The molecule has 0 spiro atoms. The monoisotopic (exact) mass is 2030 g/mol. The van der Waals surface area contributed by atoms with Crippen LogP contribution in [0.25, 0.3) is 67.5 Å². The zero-order valence-corrected chi connectivity index (χ0v) is 89.3. The lowest BCUT2D eigenvalue weighted by molar-refractivity contribution is -0.155. The lowest BCUT2D eigenvalue weighted by Crippen LogP contribution is -2.59. The Morgan fingerprint density at radius 1 is 0.299 bits per heavy atom. The van der Waals surface area contributed by atoms with Crippen molar-refractivity contribution in [3.8, 4) is 67.5 Å². The van der Waals surface area contributed by atoms with E-state index in [0.717, 1.165) is 99.1 Å². The van der Waals surface area contributed by atoms with E-state index < -0.39 is 53.8 Å². The van der Waals surface area contributed by atoms with E-state index in [1.807, 2.05) is 128 Å². The zero-order chi connectivity index (χ0) is 105. The number of carboxylic acid groups (broad SMARTS) is 3. The molecule has 12 aromatic rings. The molecule has 24 nitrogen and oxygen atoms in total. The van der Waals surface area contributed by atoms with Crippen LogP contribution in [-0.4, -0.2) is 171 Å². The summed E-state index contributed by atoms with van der Waals surface area (Å²) in [6.07, 6.45) is 27.3. The molecular weight excluding hydrogens is 1900 g/mol. The van der Waals surface area contributed by atoms with E-state index in [9.17, 15) is 58.5 Å². The van der Waals surface area contributed by atoms with Gasteiger partial charge in [-0.05, 0) is 195 Å². The molecule has 6 amide bonds. The number of nitrogens with zero attached hydrogens (tertiary/aromatic N) is 9. The number of amides is 6. The first-order valence-corrected chi connectivity index (χ1v) is 54.3. The van der Waals surface area contributed by atoms with E-state index in [2.05, 4.69) is 216 Å². The number of hydrogen-bond donors (Lipinski definition) is 6. The van der Waals surface area contributed by atoms with Crippen LogP contribution in [0.15, 0.2) is 219 Å². The van der Waals surface area contributed by atoms with Crippen molar-refractivity contribution in [2.75, 3.05) is 39.3 Å². The van der Waals surface area contributed by atoms with Crippen molar-refractivity contribution in [2.45, 2.75) is 245 Å². The number of thiophene rings is 3. The van der Waals surface area contributed by atoms with Crippen LogP contribution in [0.1, 0.15) is 269 Å². The molecule has 6 aromatic heterocycles. The van der Waals surface area contributed by atoms with Crippen molar-refractivity contribution in [3.63, 3.8) is 0 Å². The minimum Gasteiger partial charge on any atom is -0.481 e. The molecule has 27 heteroatoms. The number of carbonyl (C=O) groups excluding carboxylic acids is 6. The van der Waals surface area contributed by atoms with Gasteiger partial charge in [-0.1, -0.05) is 268 Å². The largest absolute Gasteiger partial charge is 0.481 e. The third-order valence-electron chi connectivity index (χ3n) is 30.2. The summed E-state index contributed by atoms with van der Waals surface area (Å²) in [5.74, 6) is -0.0210. The van der Waals surface area contributed by atoms with Crippen LogP contribution >= 0.6 is 34.0 Å². The minimum absolute atomic E-state index is 0.0908. The van der Waals surface area contributed by atoms with Crippen molar-refractivity contribution in [1.82, 2.24) is 60.6 Å². The molecule has 9 heterocycles. The highest BCUT2D eigenvalue weighted by Crippen LogP contribution is 2.45. The molecule has 768 valence electrons. The van der Waals surface area contributed by atoms with Crippen molar-refractivity contribution in [1.29, 1.82) is 0 Å². The second-order valence-corrected chi connectivity index (χ2v) is 48.7. The second-order valence-electron chi connectivity index (χ2n) is 45.4. The van der Waals surface area contributed by atoms with E-state index in [4.69, 9.17) is 0 Å². The SMILES string of the molecule is CC(C)(C)c1ccc(C(=O)N[C@@H](Cc2ccc(-c3ncc(-c4ccc(C5CCC(C(C)(C)C)CC5)cc4)cn3)cc2)C(=O)N2CC(C(=O)O)C2)s1.CC1CCC(c2ccc(-c3cnc(-c4ccc(C[C@H](NC(=O)c5ccc(C(C)(C)C)s5)C(=O)N5CC(C(=O)O)C5)cc4)nc3)cc2)CC1.CC1CCC(c2ccc(-c3cnc(-c4ccc(C[C@H](NC(=O)c5ccc(C(C)(C)C)s5)C(=O)N5CC(C(=O)O)C5)cc4)nc3)cc2)CC1. The molecule has 3 aliphatic heterocycles.